The van der Waals surface area contributed by atoms with Crippen molar-refractivity contribution in [1.82, 2.24) is 15.0 Å². The molecule has 0 saturated carbocycles. The Bertz CT molecular complexity index is 576. The van der Waals surface area contributed by atoms with E-state index in [-0.39, 0.29) is 15.6 Å². The highest BCUT2D eigenvalue weighted by atomic mass is 35.5. The molecule has 17 heavy (non-hydrogen) atoms. The smallest absolute Gasteiger partial charge is 0.217 e. The lowest BCUT2D eigenvalue weighted by atomic mass is 11.1. The van der Waals surface area contributed by atoms with Crippen LogP contribution in [0.2, 0.25) is 5.28 Å². The van der Waals surface area contributed by atoms with E-state index in [0.29, 0.717) is 21.6 Å². The highest BCUT2D eigenvalue weighted by Gasteiger charge is 2.15. The van der Waals surface area contributed by atoms with Crippen LogP contribution in [0.4, 0.5) is 0 Å². The molecule has 0 bridgehead atoms. The second-order valence-electron chi connectivity index (χ2n) is 2.74. The molecule has 7 nitrogen and oxygen atoms in total. The van der Waals surface area contributed by atoms with Gasteiger partial charge >= 0.3 is 0 Å². The van der Waals surface area contributed by atoms with E-state index in [0.717, 1.165) is 12.5 Å². The first-order chi connectivity index (χ1) is 7.55. The Balaban J connectivity index is 3.11. The molecule has 12 heteroatoms. The fourth-order valence-corrected chi connectivity index (χ4v) is 4.09. The van der Waals surface area contributed by atoms with Gasteiger partial charge in [-0.3, -0.25) is 0 Å². The summed E-state index contributed by atoms with van der Waals surface area (Å²) in [6, 6.07) is 0. The Kier molecular flexibility index (Phi) is 4.63. The van der Waals surface area contributed by atoms with Crippen molar-refractivity contribution in [1.29, 1.82) is 0 Å². The normalized spacial score (nSPS) is 12.6. The Morgan fingerprint density at radius 2 is 1.24 bits per heavy atom. The molecule has 0 radical (unpaired) electrons. The predicted octanol–water partition coefficient (Wildman–Crippen LogP) is 0.628. The van der Waals surface area contributed by atoms with Gasteiger partial charge in [-0.1, -0.05) is 0 Å². The van der Waals surface area contributed by atoms with E-state index in [2.05, 4.69) is 15.0 Å². The molecule has 96 valence electrons. The van der Waals surface area contributed by atoms with Gasteiger partial charge in [-0.15, -0.1) is 0 Å². The van der Waals surface area contributed by atoms with Gasteiger partial charge in [-0.25, -0.2) is 16.8 Å². The van der Waals surface area contributed by atoms with Crippen molar-refractivity contribution >= 4 is 50.9 Å². The maximum absolute atomic E-state index is 11.0. The first kappa shape index (κ1) is 15.0. The zero-order valence-corrected chi connectivity index (χ0v) is 12.5. The minimum absolute atomic E-state index is 0.168. The lowest BCUT2D eigenvalue weighted by molar-refractivity contribution is 0.614. The van der Waals surface area contributed by atoms with Crippen molar-refractivity contribution in [3.8, 4) is 0 Å². The molecule has 0 aliphatic rings. The zero-order valence-electron chi connectivity index (χ0n) is 8.49. The fourth-order valence-electron chi connectivity index (χ4n) is 0.660. The van der Waals surface area contributed by atoms with Crippen LogP contribution >= 0.6 is 33.2 Å². The van der Waals surface area contributed by atoms with Gasteiger partial charge in [0.25, 0.3) is 0 Å². The standard InChI is InChI=1S/C5H6ClN3O4S4/c1-16(10,11)14-4-7-3(6)8-5(9-4)15-17(2,12)13/h1-2H3. The third-order valence-corrected chi connectivity index (χ3v) is 5.17. The number of halogens is 1. The van der Waals surface area contributed by atoms with Gasteiger partial charge in [0.1, 0.15) is 0 Å². The monoisotopic (exact) mass is 335 g/mol. The molecule has 0 unspecified atom stereocenters. The second-order valence-corrected chi connectivity index (χ2v) is 11.6. The summed E-state index contributed by atoms with van der Waals surface area (Å²) < 4.78 is 44.0. The molecule has 1 aromatic heterocycles. The molecule has 0 amide bonds. The second kappa shape index (κ2) is 5.26. The Morgan fingerprint density at radius 1 is 0.882 bits per heavy atom. The highest BCUT2D eigenvalue weighted by molar-refractivity contribution is 8.72. The van der Waals surface area contributed by atoms with Crippen LogP contribution in [0.5, 0.6) is 0 Å². The first-order valence-corrected chi connectivity index (χ1v) is 10.6. The minimum atomic E-state index is -3.41. The summed E-state index contributed by atoms with van der Waals surface area (Å²) >= 11 is 5.53. The van der Waals surface area contributed by atoms with Crippen molar-refractivity contribution in [2.45, 2.75) is 10.3 Å². The highest BCUT2D eigenvalue weighted by Crippen LogP contribution is 2.25. The van der Waals surface area contributed by atoms with Crippen molar-refractivity contribution in [2.75, 3.05) is 12.5 Å². The molecule has 0 fully saturated rings. The van der Waals surface area contributed by atoms with Crippen LogP contribution in [-0.2, 0) is 17.7 Å². The van der Waals surface area contributed by atoms with E-state index < -0.39 is 17.7 Å². The lowest BCUT2D eigenvalue weighted by Gasteiger charge is -2.00. The summed E-state index contributed by atoms with van der Waals surface area (Å²) in [4.78, 5) is 10.8. The van der Waals surface area contributed by atoms with E-state index in [4.69, 9.17) is 11.6 Å². The van der Waals surface area contributed by atoms with E-state index in [9.17, 15) is 16.8 Å². The molecule has 0 spiro atoms. The Labute approximate surface area is 110 Å². The van der Waals surface area contributed by atoms with Gasteiger partial charge in [-0.05, 0) is 11.6 Å². The van der Waals surface area contributed by atoms with Crippen LogP contribution < -0.4 is 0 Å². The molecule has 0 aliphatic carbocycles. The Morgan fingerprint density at radius 3 is 1.53 bits per heavy atom. The molecule has 0 atom stereocenters. The first-order valence-electron chi connectivity index (χ1n) is 3.76. The fraction of sp³-hybridized carbons (Fsp3) is 0.400. The topological polar surface area (TPSA) is 107 Å². The van der Waals surface area contributed by atoms with Gasteiger partial charge in [0, 0.05) is 34.1 Å². The molecule has 0 aliphatic heterocycles. The van der Waals surface area contributed by atoms with Gasteiger partial charge in [0.15, 0.2) is 0 Å². The summed E-state index contributed by atoms with van der Waals surface area (Å²) in [6.07, 6.45) is 1.94. The van der Waals surface area contributed by atoms with Crippen molar-refractivity contribution in [3.05, 3.63) is 5.28 Å². The molecule has 0 N–H and O–H groups in total. The van der Waals surface area contributed by atoms with Crippen LogP contribution in [0.1, 0.15) is 0 Å². The number of hydrogen-bond donors (Lipinski definition) is 0. The minimum Gasteiger partial charge on any atom is -0.217 e. The molecule has 1 rings (SSSR count). The third-order valence-electron chi connectivity index (χ3n) is 1.02. The Hall–Kier alpha value is -0.100. The van der Waals surface area contributed by atoms with E-state index in [1.165, 1.54) is 0 Å². The number of hydrogen-bond acceptors (Lipinski definition) is 9. The summed E-state index contributed by atoms with van der Waals surface area (Å²) in [7, 11) is -6.07. The van der Waals surface area contributed by atoms with Gasteiger partial charge in [-0.2, -0.15) is 15.0 Å². The molecular formula is C5H6ClN3O4S4. The van der Waals surface area contributed by atoms with Crippen molar-refractivity contribution in [2.24, 2.45) is 0 Å². The lowest BCUT2D eigenvalue weighted by Crippen LogP contribution is -1.99. The predicted molar refractivity (Wildman–Crippen MR) is 66.2 cm³/mol. The number of rotatable bonds is 4. The van der Waals surface area contributed by atoms with Gasteiger partial charge < -0.3 is 0 Å². The quantitative estimate of drug-likeness (QED) is 0.732. The van der Waals surface area contributed by atoms with E-state index >= 15 is 0 Å². The largest absolute Gasteiger partial charge is 0.227 e. The molecular weight excluding hydrogens is 330 g/mol. The van der Waals surface area contributed by atoms with Crippen LogP contribution in [0.3, 0.4) is 0 Å². The van der Waals surface area contributed by atoms with E-state index in [1.807, 2.05) is 0 Å². The van der Waals surface area contributed by atoms with Crippen LogP contribution in [0.15, 0.2) is 10.3 Å². The van der Waals surface area contributed by atoms with Crippen molar-refractivity contribution in [3.63, 3.8) is 0 Å². The van der Waals surface area contributed by atoms with Crippen LogP contribution in [0, 0.1) is 0 Å². The number of aromatic nitrogens is 3. The molecule has 0 saturated heterocycles. The van der Waals surface area contributed by atoms with Gasteiger partial charge in [0.05, 0.1) is 0 Å². The van der Waals surface area contributed by atoms with Gasteiger partial charge in [0.2, 0.25) is 33.3 Å². The summed E-state index contributed by atoms with van der Waals surface area (Å²) in [5, 5.41) is -0.602. The van der Waals surface area contributed by atoms with Crippen LogP contribution in [-0.4, -0.2) is 44.3 Å². The molecule has 1 heterocycles. The zero-order chi connectivity index (χ0) is 13.3. The van der Waals surface area contributed by atoms with E-state index in [1.54, 1.807) is 0 Å². The van der Waals surface area contributed by atoms with Crippen molar-refractivity contribution < 1.29 is 16.8 Å². The molecule has 0 aromatic carbocycles. The maximum Gasteiger partial charge on any atom is 0.227 e. The third kappa shape index (κ3) is 6.41. The summed E-state index contributed by atoms with van der Waals surface area (Å²) in [5.74, 6) is 0. The maximum atomic E-state index is 11.0. The van der Waals surface area contributed by atoms with Crippen LogP contribution in [0.25, 0.3) is 0 Å². The molecule has 1 aromatic rings. The SMILES string of the molecule is CS(=O)(=O)Sc1nc(Cl)nc(SS(C)(=O)=O)n1. The average Bonchev–Trinajstić information content (AvgIpc) is 1.93. The summed E-state index contributed by atoms with van der Waals surface area (Å²) in [5.41, 5.74) is 0. The summed E-state index contributed by atoms with van der Waals surface area (Å²) in [6.45, 7) is 0. The average molecular weight is 336 g/mol. The number of nitrogens with zero attached hydrogens (tertiary/aromatic N) is 3.